The van der Waals surface area contributed by atoms with Gasteiger partial charge in [-0.05, 0) is 37.0 Å². The Kier molecular flexibility index (Phi) is 5.52. The van der Waals surface area contributed by atoms with Crippen LogP contribution in [0.1, 0.15) is 50.8 Å². The average Bonchev–Trinajstić information content (AvgIpc) is 2.74. The first kappa shape index (κ1) is 19.7. The topological polar surface area (TPSA) is 44.7 Å². The van der Waals surface area contributed by atoms with Gasteiger partial charge < -0.3 is 9.64 Å². The fraction of sp³-hybridized carbons (Fsp3) is 0.826. The van der Waals surface area contributed by atoms with Crippen molar-refractivity contribution in [3.63, 3.8) is 0 Å². The van der Waals surface area contributed by atoms with Crippen LogP contribution in [0.3, 0.4) is 0 Å². The van der Waals surface area contributed by atoms with Crippen LogP contribution in [0, 0.1) is 11.3 Å². The second-order valence-electron chi connectivity index (χ2n) is 10.2. The lowest BCUT2D eigenvalue weighted by Gasteiger charge is -2.52. The van der Waals surface area contributed by atoms with Gasteiger partial charge in [0.1, 0.15) is 0 Å². The van der Waals surface area contributed by atoms with Crippen LogP contribution in [0.15, 0.2) is 6.20 Å². The van der Waals surface area contributed by atoms with Gasteiger partial charge in [0.15, 0.2) is 0 Å². The predicted octanol–water partition coefficient (Wildman–Crippen LogP) is 2.57. The monoisotopic (exact) mass is 399 g/mol. The molecule has 1 unspecified atom stereocenters. The summed E-state index contributed by atoms with van der Waals surface area (Å²) < 4.78 is 5.51. The van der Waals surface area contributed by atoms with Crippen LogP contribution in [-0.4, -0.2) is 78.3 Å². The summed E-state index contributed by atoms with van der Waals surface area (Å²) in [5.41, 5.74) is 3.11. The number of rotatable bonds is 4. The first-order valence-electron chi connectivity index (χ1n) is 11.7. The van der Waals surface area contributed by atoms with Crippen LogP contribution >= 0.6 is 0 Å². The van der Waals surface area contributed by atoms with Gasteiger partial charge in [0.2, 0.25) is 5.95 Å². The number of ether oxygens (including phenoxy) is 1. The molecule has 1 aliphatic carbocycles. The molecule has 1 aromatic heterocycles. The Morgan fingerprint density at radius 1 is 1.07 bits per heavy atom. The van der Waals surface area contributed by atoms with E-state index in [0.717, 1.165) is 76.8 Å². The number of piperazine rings is 1. The van der Waals surface area contributed by atoms with Crippen LogP contribution in [0.4, 0.5) is 5.95 Å². The lowest BCUT2D eigenvalue weighted by atomic mass is 9.66. The molecule has 3 fully saturated rings. The maximum absolute atomic E-state index is 5.51. The maximum Gasteiger partial charge on any atom is 0.225 e. The molecule has 0 N–H and O–H groups in total. The molecule has 0 aromatic carbocycles. The lowest BCUT2D eigenvalue weighted by Crippen LogP contribution is -2.58. The van der Waals surface area contributed by atoms with Crippen molar-refractivity contribution < 1.29 is 4.74 Å². The normalized spacial score (nSPS) is 28.8. The van der Waals surface area contributed by atoms with Crippen molar-refractivity contribution >= 4 is 5.95 Å². The molecule has 29 heavy (non-hydrogen) atoms. The van der Waals surface area contributed by atoms with E-state index in [1.54, 1.807) is 0 Å². The molecule has 6 nitrogen and oxygen atoms in total. The van der Waals surface area contributed by atoms with Crippen LogP contribution in [-0.2, 0) is 17.7 Å². The molecule has 1 aromatic rings. The van der Waals surface area contributed by atoms with E-state index < -0.39 is 0 Å². The highest BCUT2D eigenvalue weighted by Crippen LogP contribution is 2.43. The van der Waals surface area contributed by atoms with E-state index in [0.29, 0.717) is 5.41 Å². The molecular weight excluding hydrogens is 362 g/mol. The summed E-state index contributed by atoms with van der Waals surface area (Å²) in [4.78, 5) is 17.5. The smallest absolute Gasteiger partial charge is 0.225 e. The van der Waals surface area contributed by atoms with Crippen molar-refractivity contribution in [2.24, 2.45) is 11.3 Å². The molecule has 0 bridgehead atoms. The van der Waals surface area contributed by atoms with Crippen molar-refractivity contribution in [2.45, 2.75) is 58.5 Å². The number of nitrogens with zero attached hydrogens (tertiary/aromatic N) is 5. The summed E-state index contributed by atoms with van der Waals surface area (Å²) >= 11 is 0. The standard InChI is InChI=1S/C23H37N5O/c1-23(2)7-3-21(23)27-9-11-28(12-10-27)22-24-15-19-17-26(8-4-20(19)25-22)16-18-5-13-29-14-6-18/h15,18,21H,3-14,16-17H2,1-2H3. The SMILES string of the molecule is CC1(C)CCC1N1CCN(c2ncc3c(n2)CCN(CC2CCOCC2)C3)CC1. The van der Waals surface area contributed by atoms with Gasteiger partial charge in [-0.25, -0.2) is 9.97 Å². The summed E-state index contributed by atoms with van der Waals surface area (Å²) in [5.74, 6) is 1.75. The summed E-state index contributed by atoms with van der Waals surface area (Å²) in [7, 11) is 0. The number of fused-ring (bicyclic) bond motifs is 1. The Bertz CT molecular complexity index is 709. The molecule has 5 rings (SSSR count). The van der Waals surface area contributed by atoms with Gasteiger partial charge in [-0.1, -0.05) is 13.8 Å². The van der Waals surface area contributed by atoms with E-state index in [1.807, 2.05) is 0 Å². The molecule has 6 heteroatoms. The predicted molar refractivity (Wildman–Crippen MR) is 115 cm³/mol. The van der Waals surface area contributed by atoms with Crippen molar-refractivity contribution in [3.8, 4) is 0 Å². The van der Waals surface area contributed by atoms with Gasteiger partial charge in [0, 0.05) is 83.3 Å². The van der Waals surface area contributed by atoms with E-state index in [-0.39, 0.29) is 0 Å². The Balaban J connectivity index is 1.17. The van der Waals surface area contributed by atoms with E-state index in [2.05, 4.69) is 34.7 Å². The molecule has 0 amide bonds. The van der Waals surface area contributed by atoms with E-state index in [4.69, 9.17) is 14.7 Å². The molecule has 0 spiro atoms. The number of anilines is 1. The third-order valence-corrected chi connectivity index (χ3v) is 7.86. The molecular formula is C23H37N5O. The molecule has 3 aliphatic heterocycles. The van der Waals surface area contributed by atoms with Crippen LogP contribution in [0.5, 0.6) is 0 Å². The zero-order chi connectivity index (χ0) is 19.8. The summed E-state index contributed by atoms with van der Waals surface area (Å²) in [6, 6.07) is 0.774. The van der Waals surface area contributed by atoms with Gasteiger partial charge in [-0.2, -0.15) is 0 Å². The zero-order valence-electron chi connectivity index (χ0n) is 18.3. The Hall–Kier alpha value is -1.24. The second-order valence-corrected chi connectivity index (χ2v) is 10.2. The van der Waals surface area contributed by atoms with E-state index in [1.165, 1.54) is 43.5 Å². The van der Waals surface area contributed by atoms with E-state index >= 15 is 0 Å². The van der Waals surface area contributed by atoms with Gasteiger partial charge in [0.25, 0.3) is 0 Å². The molecule has 4 heterocycles. The quantitative estimate of drug-likeness (QED) is 0.775. The molecule has 4 aliphatic rings. The van der Waals surface area contributed by atoms with Gasteiger partial charge in [-0.3, -0.25) is 9.80 Å². The third-order valence-electron chi connectivity index (χ3n) is 7.86. The first-order valence-corrected chi connectivity index (χ1v) is 11.7. The largest absolute Gasteiger partial charge is 0.381 e. The van der Waals surface area contributed by atoms with Gasteiger partial charge in [-0.15, -0.1) is 0 Å². The van der Waals surface area contributed by atoms with Gasteiger partial charge >= 0.3 is 0 Å². The highest BCUT2D eigenvalue weighted by atomic mass is 16.5. The minimum Gasteiger partial charge on any atom is -0.381 e. The van der Waals surface area contributed by atoms with Crippen LogP contribution < -0.4 is 4.90 Å². The summed E-state index contributed by atoms with van der Waals surface area (Å²) in [6.07, 6.45) is 8.33. The molecule has 1 saturated carbocycles. The van der Waals surface area contributed by atoms with Crippen LogP contribution in [0.2, 0.25) is 0 Å². The summed E-state index contributed by atoms with van der Waals surface area (Å²) in [6.45, 7) is 14.5. The van der Waals surface area contributed by atoms with Crippen molar-refractivity contribution in [1.29, 1.82) is 0 Å². The van der Waals surface area contributed by atoms with Crippen molar-refractivity contribution in [2.75, 3.05) is 57.4 Å². The number of hydrogen-bond acceptors (Lipinski definition) is 6. The zero-order valence-corrected chi connectivity index (χ0v) is 18.3. The van der Waals surface area contributed by atoms with Gasteiger partial charge in [0.05, 0.1) is 5.69 Å². The molecule has 1 atom stereocenters. The highest BCUT2D eigenvalue weighted by molar-refractivity contribution is 5.35. The minimum atomic E-state index is 0.501. The Morgan fingerprint density at radius 2 is 1.86 bits per heavy atom. The van der Waals surface area contributed by atoms with E-state index in [9.17, 15) is 0 Å². The van der Waals surface area contributed by atoms with Crippen molar-refractivity contribution in [3.05, 3.63) is 17.5 Å². The minimum absolute atomic E-state index is 0.501. The first-order chi connectivity index (χ1) is 14.1. The molecule has 0 radical (unpaired) electrons. The fourth-order valence-corrected chi connectivity index (χ4v) is 5.73. The Labute approximate surface area is 175 Å². The summed E-state index contributed by atoms with van der Waals surface area (Å²) in [5, 5.41) is 0. The number of aromatic nitrogens is 2. The lowest BCUT2D eigenvalue weighted by molar-refractivity contribution is -0.00300. The molecule has 160 valence electrons. The molecule has 2 saturated heterocycles. The van der Waals surface area contributed by atoms with Crippen molar-refractivity contribution in [1.82, 2.24) is 19.8 Å². The second kappa shape index (κ2) is 8.12. The third kappa shape index (κ3) is 4.17. The average molecular weight is 400 g/mol. The number of hydrogen-bond donors (Lipinski definition) is 0. The maximum atomic E-state index is 5.51. The van der Waals surface area contributed by atoms with Crippen LogP contribution in [0.25, 0.3) is 0 Å². The fourth-order valence-electron chi connectivity index (χ4n) is 5.73. The Morgan fingerprint density at radius 3 is 2.55 bits per heavy atom. The highest BCUT2D eigenvalue weighted by Gasteiger charge is 2.42.